The summed E-state index contributed by atoms with van der Waals surface area (Å²) in [5.74, 6) is -5.98. The Hall–Kier alpha value is -3.05. The Morgan fingerprint density at radius 3 is 1.97 bits per heavy atom. The van der Waals surface area contributed by atoms with Gasteiger partial charge in [0.25, 0.3) is 0 Å². The monoisotopic (exact) mass is 547 g/mol. The van der Waals surface area contributed by atoms with Gasteiger partial charge in [0.05, 0.1) is 11.5 Å². The third-order valence-electron chi connectivity index (χ3n) is 5.83. The average molecular weight is 548 g/mol. The van der Waals surface area contributed by atoms with Gasteiger partial charge in [-0.15, -0.1) is 0 Å². The number of β-amino-alcohol motifs (C(OH)–C–C–N with tert-alkyl or cyclic N) is 1. The Balaban J connectivity index is 0.000000905. The smallest absolute Gasteiger partial charge is 0.481 e. The van der Waals surface area contributed by atoms with Crippen molar-refractivity contribution >= 4 is 11.9 Å². The van der Waals surface area contributed by atoms with Crippen LogP contribution in [0.2, 0.25) is 0 Å². The zero-order valence-electron chi connectivity index (χ0n) is 21.7. The highest BCUT2D eigenvalue weighted by Crippen LogP contribution is 2.28. The van der Waals surface area contributed by atoms with E-state index in [1.165, 1.54) is 25.5 Å². The average Bonchev–Trinajstić information content (AvgIpc) is 2.80. The van der Waals surface area contributed by atoms with Gasteiger partial charge in [-0.2, -0.15) is 13.2 Å². The van der Waals surface area contributed by atoms with E-state index >= 15 is 0 Å². The predicted molar refractivity (Wildman–Crippen MR) is 132 cm³/mol. The summed E-state index contributed by atoms with van der Waals surface area (Å²) >= 11 is 0. The third-order valence-corrected chi connectivity index (χ3v) is 5.83. The number of carboxylic acids is 2. The molecule has 0 fully saturated rings. The standard InChI is InChI=1S/C25H33F2NO3.C2HF3O2/c1-24(2,23(30)31)15-18-13-19(22(27)20(26)14-18)21(29)16-28-25(3,4)12-8-11-17-9-6-5-7-10-17;3-2(4,5)1(6)7/h5-7,9-10,13-14,21,28-29H,8,11-12,15-16H2,1-4H3,(H,30,31);(H,6,7)/t21-;/m1./s1. The van der Waals surface area contributed by atoms with Crippen LogP contribution < -0.4 is 5.32 Å². The summed E-state index contributed by atoms with van der Waals surface area (Å²) in [5.41, 5.74) is 0.00217. The molecule has 0 saturated carbocycles. The zero-order chi connectivity index (χ0) is 29.3. The summed E-state index contributed by atoms with van der Waals surface area (Å²) in [6, 6.07) is 12.5. The first kappa shape index (κ1) is 33.0. The molecule has 0 aliphatic heterocycles. The largest absolute Gasteiger partial charge is 0.490 e. The molecule has 0 spiro atoms. The first-order valence-corrected chi connectivity index (χ1v) is 11.8. The van der Waals surface area contributed by atoms with Crippen molar-refractivity contribution in [1.82, 2.24) is 5.32 Å². The van der Waals surface area contributed by atoms with Crippen molar-refractivity contribution in [2.45, 2.75) is 71.2 Å². The van der Waals surface area contributed by atoms with Crippen molar-refractivity contribution in [3.63, 3.8) is 0 Å². The lowest BCUT2D eigenvalue weighted by molar-refractivity contribution is -0.192. The first-order valence-electron chi connectivity index (χ1n) is 11.8. The van der Waals surface area contributed by atoms with Crippen LogP contribution in [0.15, 0.2) is 42.5 Å². The fourth-order valence-electron chi connectivity index (χ4n) is 3.55. The molecule has 0 aromatic heterocycles. The molecule has 0 radical (unpaired) electrons. The topological polar surface area (TPSA) is 107 Å². The summed E-state index contributed by atoms with van der Waals surface area (Å²) < 4.78 is 60.2. The van der Waals surface area contributed by atoms with E-state index in [2.05, 4.69) is 17.4 Å². The lowest BCUT2D eigenvalue weighted by Gasteiger charge is -2.28. The molecule has 0 amide bonds. The molecule has 1 atom stereocenters. The van der Waals surface area contributed by atoms with Gasteiger partial charge in [0.1, 0.15) is 0 Å². The van der Waals surface area contributed by atoms with E-state index in [9.17, 15) is 37.0 Å². The van der Waals surface area contributed by atoms with Gasteiger partial charge in [-0.3, -0.25) is 4.79 Å². The number of benzene rings is 2. The van der Waals surface area contributed by atoms with Crippen LogP contribution in [0, 0.1) is 17.0 Å². The fourth-order valence-corrected chi connectivity index (χ4v) is 3.55. The van der Waals surface area contributed by atoms with Gasteiger partial charge in [-0.1, -0.05) is 30.3 Å². The number of aryl methyl sites for hydroxylation is 1. The molecule has 0 unspecified atom stereocenters. The van der Waals surface area contributed by atoms with E-state index < -0.39 is 41.3 Å². The second-order valence-corrected chi connectivity index (χ2v) is 10.3. The Kier molecular flexibility index (Phi) is 11.9. The van der Waals surface area contributed by atoms with Gasteiger partial charge in [0.15, 0.2) is 11.6 Å². The van der Waals surface area contributed by atoms with Crippen LogP contribution in [0.5, 0.6) is 0 Å². The highest BCUT2D eigenvalue weighted by atomic mass is 19.4. The van der Waals surface area contributed by atoms with Crippen LogP contribution in [-0.4, -0.2) is 45.5 Å². The van der Waals surface area contributed by atoms with Gasteiger partial charge in [-0.05, 0) is 76.6 Å². The summed E-state index contributed by atoms with van der Waals surface area (Å²) in [7, 11) is 0. The Morgan fingerprint density at radius 1 is 0.921 bits per heavy atom. The minimum atomic E-state index is -5.08. The lowest BCUT2D eigenvalue weighted by Crippen LogP contribution is -2.41. The maximum absolute atomic E-state index is 14.4. The van der Waals surface area contributed by atoms with Gasteiger partial charge < -0.3 is 20.6 Å². The van der Waals surface area contributed by atoms with Gasteiger partial charge >= 0.3 is 18.1 Å². The Morgan fingerprint density at radius 2 is 1.47 bits per heavy atom. The SMILES string of the molecule is CC(C)(CCCc1ccccc1)NC[C@@H](O)c1cc(CC(C)(C)C(=O)O)cc(F)c1F.O=C(O)C(F)(F)F. The van der Waals surface area contributed by atoms with Crippen LogP contribution in [0.3, 0.4) is 0 Å². The van der Waals surface area contributed by atoms with Crippen molar-refractivity contribution in [3.8, 4) is 0 Å². The van der Waals surface area contributed by atoms with Crippen LogP contribution in [-0.2, 0) is 22.4 Å². The molecule has 212 valence electrons. The molecular formula is C27H34F5NO5. The van der Waals surface area contributed by atoms with Gasteiger partial charge in [0.2, 0.25) is 0 Å². The molecule has 0 bridgehead atoms. The highest BCUT2D eigenvalue weighted by Gasteiger charge is 2.38. The normalized spacial score (nSPS) is 12.9. The second kappa shape index (κ2) is 13.7. The minimum absolute atomic E-state index is 0.0255. The van der Waals surface area contributed by atoms with Crippen molar-refractivity contribution in [2.75, 3.05) is 6.54 Å². The second-order valence-electron chi connectivity index (χ2n) is 10.3. The number of carboxylic acid groups (broad SMARTS) is 2. The molecule has 0 saturated heterocycles. The molecule has 38 heavy (non-hydrogen) atoms. The van der Waals surface area contributed by atoms with Crippen molar-refractivity contribution in [1.29, 1.82) is 0 Å². The molecule has 4 N–H and O–H groups in total. The molecular weight excluding hydrogens is 513 g/mol. The number of halogens is 5. The fraction of sp³-hybridized carbons (Fsp3) is 0.481. The first-order chi connectivity index (χ1) is 17.4. The molecule has 0 aliphatic rings. The van der Waals surface area contributed by atoms with Crippen LogP contribution in [0.1, 0.15) is 63.3 Å². The molecule has 0 heterocycles. The van der Waals surface area contributed by atoms with E-state index in [-0.39, 0.29) is 24.1 Å². The van der Waals surface area contributed by atoms with E-state index in [1.54, 1.807) is 0 Å². The van der Waals surface area contributed by atoms with Gasteiger partial charge in [0, 0.05) is 17.6 Å². The van der Waals surface area contributed by atoms with Crippen LogP contribution in [0.4, 0.5) is 22.0 Å². The summed E-state index contributed by atoms with van der Waals surface area (Å²) in [6.07, 6.45) is -3.58. The van der Waals surface area contributed by atoms with Crippen molar-refractivity contribution < 1.29 is 46.9 Å². The van der Waals surface area contributed by atoms with E-state index in [0.29, 0.717) is 5.56 Å². The Bertz CT molecular complexity index is 1070. The number of hydrogen-bond acceptors (Lipinski definition) is 4. The summed E-state index contributed by atoms with van der Waals surface area (Å²) in [4.78, 5) is 20.3. The van der Waals surface area contributed by atoms with Gasteiger partial charge in [-0.25, -0.2) is 13.6 Å². The van der Waals surface area contributed by atoms with Crippen LogP contribution >= 0.6 is 0 Å². The minimum Gasteiger partial charge on any atom is -0.481 e. The number of aliphatic hydroxyl groups excluding tert-OH is 1. The molecule has 2 rings (SSSR count). The number of rotatable bonds is 11. The predicted octanol–water partition coefficient (Wildman–Crippen LogP) is 5.68. The molecule has 2 aromatic rings. The maximum Gasteiger partial charge on any atom is 0.490 e. The summed E-state index contributed by atoms with van der Waals surface area (Å²) in [5, 5.41) is 30.2. The number of hydrogen-bond donors (Lipinski definition) is 4. The van der Waals surface area contributed by atoms with Crippen molar-refractivity contribution in [3.05, 3.63) is 70.8 Å². The lowest BCUT2D eigenvalue weighted by atomic mass is 9.85. The maximum atomic E-state index is 14.4. The Labute approximate surface area is 218 Å². The number of aliphatic carboxylic acids is 2. The molecule has 6 nitrogen and oxygen atoms in total. The number of carbonyl (C=O) groups is 2. The van der Waals surface area contributed by atoms with E-state index in [1.807, 2.05) is 32.0 Å². The number of alkyl halides is 3. The quantitative estimate of drug-likeness (QED) is 0.270. The number of aliphatic hydroxyl groups is 1. The highest BCUT2D eigenvalue weighted by molar-refractivity contribution is 5.74. The summed E-state index contributed by atoms with van der Waals surface area (Å²) in [6.45, 7) is 7.11. The molecule has 0 aliphatic carbocycles. The van der Waals surface area contributed by atoms with Crippen LogP contribution in [0.25, 0.3) is 0 Å². The van der Waals surface area contributed by atoms with Crippen molar-refractivity contribution in [2.24, 2.45) is 5.41 Å². The number of nitrogens with one attached hydrogen (secondary N) is 1. The van der Waals surface area contributed by atoms with E-state index in [0.717, 1.165) is 25.3 Å². The zero-order valence-corrected chi connectivity index (χ0v) is 21.7. The molecule has 2 aromatic carbocycles. The van der Waals surface area contributed by atoms with E-state index in [4.69, 9.17) is 9.90 Å². The molecule has 11 heteroatoms. The third kappa shape index (κ3) is 11.1.